The molecule has 1 saturated carbocycles. The van der Waals surface area contributed by atoms with Gasteiger partial charge in [0.25, 0.3) is 0 Å². The average molecular weight is 253 g/mol. The minimum Gasteiger partial charge on any atom is -0.357 e. The zero-order valence-corrected chi connectivity index (χ0v) is 10.8. The van der Waals surface area contributed by atoms with Gasteiger partial charge in [0.2, 0.25) is 0 Å². The van der Waals surface area contributed by atoms with Crippen molar-refractivity contribution in [1.29, 1.82) is 0 Å². The van der Waals surface area contributed by atoms with Crippen LogP contribution in [0.3, 0.4) is 0 Å². The maximum Gasteiger partial charge on any atom is 0.176 e. The first kappa shape index (κ1) is 11.0. The van der Waals surface area contributed by atoms with E-state index in [0.29, 0.717) is 6.42 Å². The number of H-pyrrole nitrogens is 1. The fraction of sp³-hybridized carbons (Fsp3) is 0.375. The fourth-order valence-corrected chi connectivity index (χ4v) is 3.95. The van der Waals surface area contributed by atoms with Crippen LogP contribution in [0.1, 0.15) is 42.2 Å². The molecule has 2 aliphatic rings. The normalized spacial score (nSPS) is 29.6. The number of aromatic amines is 1. The van der Waals surface area contributed by atoms with Crippen LogP contribution in [-0.4, -0.2) is 16.6 Å². The number of carbonyl (C=O) groups excluding carboxylic acids is 2. The Morgan fingerprint density at radius 3 is 2.89 bits per heavy atom. The molecule has 1 aromatic carbocycles. The molecule has 0 spiro atoms. The minimum atomic E-state index is -0.452. The van der Waals surface area contributed by atoms with Gasteiger partial charge in [-0.3, -0.25) is 9.59 Å². The van der Waals surface area contributed by atoms with Crippen molar-refractivity contribution in [1.82, 2.24) is 4.98 Å². The van der Waals surface area contributed by atoms with E-state index in [0.717, 1.165) is 35.0 Å². The molecule has 0 aliphatic heterocycles. The maximum atomic E-state index is 12.7. The molecule has 0 radical (unpaired) electrons. The summed E-state index contributed by atoms with van der Waals surface area (Å²) in [6, 6.07) is 7.86. The number of carbonyl (C=O) groups is 2. The van der Waals surface area contributed by atoms with Gasteiger partial charge in [-0.2, -0.15) is 0 Å². The van der Waals surface area contributed by atoms with Crippen molar-refractivity contribution in [3.05, 3.63) is 35.5 Å². The summed E-state index contributed by atoms with van der Waals surface area (Å²) in [5.74, 6) is -0.306. The van der Waals surface area contributed by atoms with E-state index < -0.39 is 5.92 Å². The Bertz CT molecular complexity index is 727. The van der Waals surface area contributed by atoms with Gasteiger partial charge in [0.15, 0.2) is 5.78 Å². The number of rotatable bonds is 0. The van der Waals surface area contributed by atoms with Gasteiger partial charge in [0, 0.05) is 34.0 Å². The molecule has 1 N–H and O–H groups in total. The monoisotopic (exact) mass is 253 g/mol. The van der Waals surface area contributed by atoms with Crippen molar-refractivity contribution in [2.75, 3.05) is 0 Å². The standard InChI is InChI=1S/C16H15NO2/c1-16-8-4-7-11(18)13(16)14(19)12-9-5-2-3-6-10(9)17-15(12)16/h2-3,5-6,13,17H,4,7-8H2,1H3/t13?,16-/m1/s1. The number of benzene rings is 1. The van der Waals surface area contributed by atoms with E-state index in [1.807, 2.05) is 24.3 Å². The van der Waals surface area contributed by atoms with Crippen LogP contribution in [0.15, 0.2) is 24.3 Å². The van der Waals surface area contributed by atoms with Gasteiger partial charge in [-0.05, 0) is 18.9 Å². The van der Waals surface area contributed by atoms with Crippen molar-refractivity contribution < 1.29 is 9.59 Å². The predicted octanol–water partition coefficient (Wildman–Crippen LogP) is 2.99. The Labute approximate surface area is 111 Å². The van der Waals surface area contributed by atoms with Crippen LogP contribution in [0.2, 0.25) is 0 Å². The third-order valence-corrected chi connectivity index (χ3v) is 4.86. The zero-order chi connectivity index (χ0) is 13.2. The SMILES string of the molecule is C[C@@]12CCCC(=O)C1C(=O)c1c2[nH]c2ccccc12. The molecule has 1 unspecified atom stereocenters. The first-order valence-corrected chi connectivity index (χ1v) is 6.81. The Hall–Kier alpha value is -1.90. The Balaban J connectivity index is 2.05. The number of fused-ring (bicyclic) bond motifs is 5. The van der Waals surface area contributed by atoms with Crippen LogP contribution in [-0.2, 0) is 10.2 Å². The molecule has 96 valence electrons. The number of hydrogen-bond acceptors (Lipinski definition) is 2. The van der Waals surface area contributed by atoms with Crippen LogP contribution >= 0.6 is 0 Å². The zero-order valence-electron chi connectivity index (χ0n) is 10.8. The summed E-state index contributed by atoms with van der Waals surface area (Å²) in [6.45, 7) is 2.06. The van der Waals surface area contributed by atoms with Crippen molar-refractivity contribution in [2.45, 2.75) is 31.6 Å². The van der Waals surface area contributed by atoms with E-state index in [4.69, 9.17) is 0 Å². The molecule has 1 aromatic heterocycles. The maximum absolute atomic E-state index is 12.7. The van der Waals surface area contributed by atoms with E-state index >= 15 is 0 Å². The van der Waals surface area contributed by atoms with E-state index in [-0.39, 0.29) is 17.0 Å². The molecule has 4 rings (SSSR count). The van der Waals surface area contributed by atoms with Gasteiger partial charge in [-0.15, -0.1) is 0 Å². The summed E-state index contributed by atoms with van der Waals surface area (Å²) in [4.78, 5) is 28.2. The number of hydrogen-bond donors (Lipinski definition) is 1. The number of nitrogens with one attached hydrogen (secondary N) is 1. The van der Waals surface area contributed by atoms with Crippen LogP contribution in [0.4, 0.5) is 0 Å². The molecule has 2 aromatic rings. The summed E-state index contributed by atoms with van der Waals surface area (Å²) >= 11 is 0. The molecular formula is C16H15NO2. The summed E-state index contributed by atoms with van der Waals surface area (Å²) in [5, 5.41) is 0.964. The summed E-state index contributed by atoms with van der Waals surface area (Å²) < 4.78 is 0. The van der Waals surface area contributed by atoms with Gasteiger partial charge in [-0.25, -0.2) is 0 Å². The van der Waals surface area contributed by atoms with Crippen molar-refractivity contribution in [3.8, 4) is 0 Å². The molecule has 1 fully saturated rings. The third-order valence-electron chi connectivity index (χ3n) is 4.86. The van der Waals surface area contributed by atoms with E-state index in [1.54, 1.807) is 0 Å². The summed E-state index contributed by atoms with van der Waals surface area (Å²) in [5.41, 5.74) is 2.43. The van der Waals surface area contributed by atoms with Gasteiger partial charge in [0.05, 0.1) is 5.92 Å². The second kappa shape index (κ2) is 3.35. The van der Waals surface area contributed by atoms with Crippen molar-refractivity contribution in [2.24, 2.45) is 5.92 Å². The number of ketones is 2. The van der Waals surface area contributed by atoms with Crippen LogP contribution in [0.5, 0.6) is 0 Å². The smallest absolute Gasteiger partial charge is 0.176 e. The summed E-state index contributed by atoms with van der Waals surface area (Å²) in [6.07, 6.45) is 2.34. The first-order valence-electron chi connectivity index (χ1n) is 6.81. The third kappa shape index (κ3) is 1.18. The summed E-state index contributed by atoms with van der Waals surface area (Å²) in [7, 11) is 0. The molecule has 3 nitrogen and oxygen atoms in total. The molecule has 2 atom stereocenters. The van der Waals surface area contributed by atoms with Crippen molar-refractivity contribution in [3.63, 3.8) is 0 Å². The Morgan fingerprint density at radius 2 is 2.05 bits per heavy atom. The fourth-order valence-electron chi connectivity index (χ4n) is 3.95. The molecular weight excluding hydrogens is 238 g/mol. The minimum absolute atomic E-state index is 0.0275. The second-order valence-corrected chi connectivity index (χ2v) is 5.96. The highest BCUT2D eigenvalue weighted by molar-refractivity contribution is 6.21. The molecule has 1 heterocycles. The highest BCUT2D eigenvalue weighted by Gasteiger charge is 2.55. The number of aromatic nitrogens is 1. The van der Waals surface area contributed by atoms with Gasteiger partial charge < -0.3 is 4.98 Å². The van der Waals surface area contributed by atoms with Crippen LogP contribution in [0, 0.1) is 5.92 Å². The van der Waals surface area contributed by atoms with Gasteiger partial charge in [0.1, 0.15) is 5.78 Å². The lowest BCUT2D eigenvalue weighted by Crippen LogP contribution is -2.40. The molecule has 3 heteroatoms. The quantitative estimate of drug-likeness (QED) is 0.734. The van der Waals surface area contributed by atoms with E-state index in [9.17, 15) is 9.59 Å². The van der Waals surface area contributed by atoms with Gasteiger partial charge >= 0.3 is 0 Å². The molecule has 2 aliphatic carbocycles. The van der Waals surface area contributed by atoms with E-state index in [1.165, 1.54) is 0 Å². The molecule has 19 heavy (non-hydrogen) atoms. The lowest BCUT2D eigenvalue weighted by atomic mass is 9.68. The molecule has 0 saturated heterocycles. The largest absolute Gasteiger partial charge is 0.357 e. The average Bonchev–Trinajstić information content (AvgIpc) is 2.86. The van der Waals surface area contributed by atoms with Crippen molar-refractivity contribution >= 4 is 22.5 Å². The highest BCUT2D eigenvalue weighted by atomic mass is 16.2. The van der Waals surface area contributed by atoms with Gasteiger partial charge in [-0.1, -0.05) is 25.1 Å². The highest BCUT2D eigenvalue weighted by Crippen LogP contribution is 2.51. The van der Waals surface area contributed by atoms with Crippen LogP contribution < -0.4 is 0 Å². The predicted molar refractivity (Wildman–Crippen MR) is 72.3 cm³/mol. The van der Waals surface area contributed by atoms with E-state index in [2.05, 4.69) is 11.9 Å². The number of Topliss-reactive ketones (excluding diaryl/α,β-unsaturated/α-hetero) is 2. The first-order chi connectivity index (χ1) is 9.13. The molecule has 0 bridgehead atoms. The topological polar surface area (TPSA) is 49.9 Å². The Kier molecular flexibility index (Phi) is 1.93. The van der Waals surface area contributed by atoms with Crippen LogP contribution in [0.25, 0.3) is 10.9 Å². The number of para-hydroxylation sites is 1. The molecule has 0 amide bonds. The second-order valence-electron chi connectivity index (χ2n) is 5.96. The Morgan fingerprint density at radius 1 is 1.26 bits per heavy atom. The lowest BCUT2D eigenvalue weighted by molar-refractivity contribution is -0.125. The lowest BCUT2D eigenvalue weighted by Gasteiger charge is -2.34.